The first-order chi connectivity index (χ1) is 45.4. The Balaban J connectivity index is 0.613. The van der Waals surface area contributed by atoms with Gasteiger partial charge >= 0.3 is 0 Å². The van der Waals surface area contributed by atoms with Crippen molar-refractivity contribution in [3.05, 3.63) is 197 Å². The van der Waals surface area contributed by atoms with Crippen molar-refractivity contribution in [2.75, 3.05) is 49.9 Å². The van der Waals surface area contributed by atoms with Crippen LogP contribution in [-0.2, 0) is 19.2 Å². The van der Waals surface area contributed by atoms with Crippen LogP contribution in [0.25, 0.3) is 108 Å². The van der Waals surface area contributed by atoms with Crippen LogP contribution in [0.4, 0.5) is 11.5 Å². The summed E-state index contributed by atoms with van der Waals surface area (Å²) in [6.07, 6.45) is 14.1. The number of fused-ring (bicyclic) bond motifs is 11. The highest BCUT2D eigenvalue weighted by atomic mass is 16.2. The number of nitrogens with zero attached hydrogens (tertiary/aromatic N) is 5. The molecule has 8 heterocycles. The molecule has 8 bridgehead atoms. The minimum atomic E-state index is -0.272. The van der Waals surface area contributed by atoms with Crippen LogP contribution in [0.15, 0.2) is 152 Å². The van der Waals surface area contributed by atoms with Crippen molar-refractivity contribution in [1.82, 2.24) is 55.6 Å². The lowest BCUT2D eigenvalue weighted by molar-refractivity contribution is -0.124. The molecule has 0 fully saturated rings. The maximum atomic E-state index is 13.3. The van der Waals surface area contributed by atoms with Crippen molar-refractivity contribution in [1.29, 1.82) is 0 Å². The molecule has 12 rings (SSSR count). The van der Waals surface area contributed by atoms with E-state index in [-0.39, 0.29) is 49.3 Å². The van der Waals surface area contributed by atoms with Crippen LogP contribution < -0.4 is 31.9 Å². The summed E-state index contributed by atoms with van der Waals surface area (Å²) in [5.74, 6) is -0.424. The molecule has 2 aliphatic heterocycles. The molecular formula is C76H77N13O4. The number of imidazole rings is 1. The second-order valence-electron chi connectivity index (χ2n) is 23.9. The molecule has 0 saturated carbocycles. The van der Waals surface area contributed by atoms with Crippen molar-refractivity contribution >= 4 is 98.3 Å². The standard InChI is InChI=1S/C76H77N13O4/c1-48-11-17-52(18-12-48)71-57-27-29-59(82-57)72(53-19-13-49(2)14-20-53)61-31-33-63(84-61)74(64-34-32-62(85-64)73(60-30-28-58(71)83-60)54-21-15-50(3)16-22-54)55-23-25-56(26-24-55)81-69(92)39-37-67(90)79-45-8-43-77-41-5-6-42-78-44-9-46-80-68(91)38-40-70(93)87-66-36-35-65-76(88-66)89-47-7-10-51(4)75(89)86-65/h7,10-36,47,77-78,82,85H,5-6,8-9,37-46H2,1-4H3,(H,79,90)(H,80,91)(H,81,92)(H,87,88,93). The van der Waals surface area contributed by atoms with Gasteiger partial charge in [0.05, 0.1) is 22.8 Å². The maximum Gasteiger partial charge on any atom is 0.226 e. The quantitative estimate of drug-likeness (QED) is 0.0253. The van der Waals surface area contributed by atoms with Crippen molar-refractivity contribution < 1.29 is 19.2 Å². The average molecular weight is 1240 g/mol. The molecule has 0 radical (unpaired) electrons. The van der Waals surface area contributed by atoms with Gasteiger partial charge in [0.2, 0.25) is 23.6 Å². The van der Waals surface area contributed by atoms with E-state index >= 15 is 0 Å². The summed E-state index contributed by atoms with van der Waals surface area (Å²) in [7, 11) is 0. The number of unbranched alkanes of at least 4 members (excludes halogenated alkanes) is 1. The number of anilines is 2. The van der Waals surface area contributed by atoms with Gasteiger partial charge in [-0.3, -0.25) is 23.6 Å². The average Bonchev–Trinajstić information content (AvgIpc) is 1.65. The first kappa shape index (κ1) is 62.6. The smallest absolute Gasteiger partial charge is 0.226 e. The molecule has 6 aromatic heterocycles. The Morgan fingerprint density at radius 3 is 1.23 bits per heavy atom. The third kappa shape index (κ3) is 15.2. The second-order valence-corrected chi connectivity index (χ2v) is 23.9. The number of nitrogens with one attached hydrogen (secondary N) is 8. The van der Waals surface area contributed by atoms with Crippen molar-refractivity contribution in [2.24, 2.45) is 0 Å². The third-order valence-electron chi connectivity index (χ3n) is 16.8. The van der Waals surface area contributed by atoms with E-state index in [1.807, 2.05) is 60.0 Å². The fourth-order valence-corrected chi connectivity index (χ4v) is 11.8. The zero-order valence-corrected chi connectivity index (χ0v) is 53.0. The Kier molecular flexibility index (Phi) is 19.6. The summed E-state index contributed by atoms with van der Waals surface area (Å²) < 4.78 is 1.90. The lowest BCUT2D eigenvalue weighted by atomic mass is 10.0. The molecule has 470 valence electrons. The molecule has 17 nitrogen and oxygen atoms in total. The molecule has 0 unspecified atom stereocenters. The fourth-order valence-electron chi connectivity index (χ4n) is 11.8. The Bertz CT molecular complexity index is 4590. The summed E-state index contributed by atoms with van der Waals surface area (Å²) in [6.45, 7) is 12.6. The fraction of sp³-hybridized carbons (Fsp3) is 0.237. The van der Waals surface area contributed by atoms with Gasteiger partial charge in [-0.2, -0.15) is 0 Å². The number of hydrogen-bond donors (Lipinski definition) is 8. The number of benzene rings is 4. The minimum absolute atomic E-state index is 0.0491. The molecule has 2 aliphatic rings. The zero-order valence-electron chi connectivity index (χ0n) is 53.0. The number of pyridine rings is 2. The molecule has 8 N–H and O–H groups in total. The third-order valence-corrected chi connectivity index (χ3v) is 16.8. The lowest BCUT2D eigenvalue weighted by Crippen LogP contribution is -2.29. The SMILES string of the molecule is Cc1ccc(-c2c3nc(c(-c4ccc(C)cc4)c4ccc([nH]4)c(-c4ccc(NC(=O)CCC(=O)NCCCNCCCCNCCCNC(=O)CCC(=O)Nc5ccc6nc7c(C)cccn7c6n5)cc4)c4nc(c(-c5ccc(C)cc5)c5ccc2[nH]5)C=C4)C=C3)cc1. The number of aryl methyl sites for hydroxylation is 4. The Morgan fingerprint density at radius 1 is 0.387 bits per heavy atom. The predicted octanol–water partition coefficient (Wildman–Crippen LogP) is 13.9. The van der Waals surface area contributed by atoms with Gasteiger partial charge in [0.25, 0.3) is 0 Å². The molecule has 4 aromatic carbocycles. The Morgan fingerprint density at radius 2 is 0.785 bits per heavy atom. The monoisotopic (exact) mass is 1240 g/mol. The van der Waals surface area contributed by atoms with E-state index in [2.05, 4.69) is 194 Å². The maximum absolute atomic E-state index is 13.3. The van der Waals surface area contributed by atoms with Crippen LogP contribution in [0.2, 0.25) is 0 Å². The van der Waals surface area contributed by atoms with Gasteiger partial charge in [-0.15, -0.1) is 0 Å². The number of carbonyl (C=O) groups excluding carboxylic acids is 4. The van der Waals surface area contributed by atoms with E-state index < -0.39 is 0 Å². The van der Waals surface area contributed by atoms with E-state index in [1.54, 1.807) is 6.07 Å². The number of amides is 4. The summed E-state index contributed by atoms with van der Waals surface area (Å²) in [5, 5.41) is 18.5. The topological polar surface area (TPSA) is 228 Å². The summed E-state index contributed by atoms with van der Waals surface area (Å²) >= 11 is 0. The molecule has 10 aromatic rings. The Hall–Kier alpha value is -10.6. The first-order valence-corrected chi connectivity index (χ1v) is 32.1. The number of H-pyrrole nitrogens is 2. The highest BCUT2D eigenvalue weighted by Gasteiger charge is 2.20. The summed E-state index contributed by atoms with van der Waals surface area (Å²) in [5.41, 5.74) is 22.1. The van der Waals surface area contributed by atoms with Gasteiger partial charge in [-0.1, -0.05) is 108 Å². The van der Waals surface area contributed by atoms with Crippen LogP contribution in [0.3, 0.4) is 0 Å². The van der Waals surface area contributed by atoms with Crippen molar-refractivity contribution in [3.8, 4) is 44.5 Å². The molecular weight excluding hydrogens is 1160 g/mol. The number of aromatic nitrogens is 7. The van der Waals surface area contributed by atoms with Crippen molar-refractivity contribution in [2.45, 2.75) is 79.1 Å². The van der Waals surface area contributed by atoms with Gasteiger partial charge in [0, 0.05) is 95.0 Å². The number of hydrogen-bond acceptors (Lipinski definition) is 10. The lowest BCUT2D eigenvalue weighted by Gasteiger charge is -2.09. The molecule has 0 saturated heterocycles. The van der Waals surface area contributed by atoms with E-state index in [0.29, 0.717) is 30.2 Å². The number of aromatic amines is 2. The van der Waals surface area contributed by atoms with Gasteiger partial charge < -0.3 is 41.9 Å². The van der Waals surface area contributed by atoms with Crippen LogP contribution >= 0.6 is 0 Å². The zero-order chi connectivity index (χ0) is 64.2. The van der Waals surface area contributed by atoms with Crippen LogP contribution in [0.5, 0.6) is 0 Å². The summed E-state index contributed by atoms with van der Waals surface area (Å²) in [6, 6.07) is 49.5. The highest BCUT2D eigenvalue weighted by molar-refractivity contribution is 6.01. The Labute approximate surface area is 540 Å². The minimum Gasteiger partial charge on any atom is -0.356 e. The van der Waals surface area contributed by atoms with Gasteiger partial charge in [-0.05, 0) is 186 Å². The van der Waals surface area contributed by atoms with Crippen LogP contribution in [0, 0.1) is 27.7 Å². The predicted molar refractivity (Wildman–Crippen MR) is 376 cm³/mol. The van der Waals surface area contributed by atoms with Crippen LogP contribution in [0.1, 0.15) is 96.4 Å². The molecule has 0 spiro atoms. The highest BCUT2D eigenvalue weighted by Crippen LogP contribution is 2.39. The molecule has 0 aliphatic carbocycles. The van der Waals surface area contributed by atoms with E-state index in [1.165, 1.54) is 5.56 Å². The first-order valence-electron chi connectivity index (χ1n) is 32.1. The molecule has 0 atom stereocenters. The molecule has 93 heavy (non-hydrogen) atoms. The number of rotatable bonds is 25. The molecule has 17 heteroatoms. The van der Waals surface area contributed by atoms with Crippen molar-refractivity contribution in [3.63, 3.8) is 0 Å². The van der Waals surface area contributed by atoms with Gasteiger partial charge in [0.1, 0.15) is 17.0 Å². The van der Waals surface area contributed by atoms with E-state index in [9.17, 15) is 19.2 Å². The van der Waals surface area contributed by atoms with Crippen LogP contribution in [-0.4, -0.2) is 97.2 Å². The molecule has 4 amide bonds. The van der Waals surface area contributed by atoms with Gasteiger partial charge in [-0.25, -0.2) is 19.9 Å². The van der Waals surface area contributed by atoms with E-state index in [4.69, 9.17) is 9.97 Å². The second kappa shape index (κ2) is 29.1. The largest absolute Gasteiger partial charge is 0.356 e. The number of carbonyl (C=O) groups is 4. The summed E-state index contributed by atoms with van der Waals surface area (Å²) in [4.78, 5) is 78.9. The normalized spacial score (nSPS) is 11.8. The van der Waals surface area contributed by atoms with Gasteiger partial charge in [0.15, 0.2) is 5.65 Å². The van der Waals surface area contributed by atoms with E-state index in [0.717, 1.165) is 169 Å².